The van der Waals surface area contributed by atoms with Crippen molar-refractivity contribution < 1.29 is 18.4 Å². The van der Waals surface area contributed by atoms with Gasteiger partial charge in [-0.25, -0.2) is 13.8 Å². The van der Waals surface area contributed by atoms with Crippen LogP contribution in [0.5, 0.6) is 0 Å². The summed E-state index contributed by atoms with van der Waals surface area (Å²) in [5.74, 6) is -1.62. The first-order chi connectivity index (χ1) is 15.9. The third-order valence-corrected chi connectivity index (χ3v) is 7.02. The number of carbonyl (C=O) groups is 2. The first-order valence-electron chi connectivity index (χ1n) is 11.0. The SMILES string of the molecule is CCN(CC)CCN(C(=O)C1CC(=O)N(c2ccc(F)cc2)C1)c1nc2ccc(F)cc2s1. The molecule has 2 heterocycles. The van der Waals surface area contributed by atoms with E-state index in [4.69, 9.17) is 0 Å². The zero-order valence-corrected chi connectivity index (χ0v) is 19.4. The third-order valence-electron chi connectivity index (χ3n) is 5.98. The van der Waals surface area contributed by atoms with Crippen LogP contribution in [0.15, 0.2) is 42.5 Å². The summed E-state index contributed by atoms with van der Waals surface area (Å²) in [6, 6.07) is 10.1. The van der Waals surface area contributed by atoms with Gasteiger partial charge in [-0.1, -0.05) is 25.2 Å². The van der Waals surface area contributed by atoms with Crippen molar-refractivity contribution in [1.82, 2.24) is 9.88 Å². The smallest absolute Gasteiger partial charge is 0.234 e. The molecule has 6 nitrogen and oxygen atoms in total. The minimum Gasteiger partial charge on any atom is -0.312 e. The van der Waals surface area contributed by atoms with Crippen molar-refractivity contribution in [1.29, 1.82) is 0 Å². The molecule has 2 aromatic carbocycles. The second-order valence-electron chi connectivity index (χ2n) is 8.01. The highest BCUT2D eigenvalue weighted by Gasteiger charge is 2.38. The van der Waals surface area contributed by atoms with E-state index in [2.05, 4.69) is 23.7 Å². The molecule has 1 unspecified atom stereocenters. The molecule has 0 N–H and O–H groups in total. The van der Waals surface area contributed by atoms with Crippen molar-refractivity contribution >= 4 is 44.2 Å². The van der Waals surface area contributed by atoms with Gasteiger partial charge in [0.05, 0.1) is 16.1 Å². The molecule has 0 aliphatic carbocycles. The van der Waals surface area contributed by atoms with Crippen molar-refractivity contribution in [2.24, 2.45) is 5.92 Å². The molecule has 174 valence electrons. The number of likely N-dealkylation sites (N-methyl/N-ethyl adjacent to an activating group) is 1. The van der Waals surface area contributed by atoms with Crippen LogP contribution in [0.2, 0.25) is 0 Å². The van der Waals surface area contributed by atoms with E-state index in [9.17, 15) is 18.4 Å². The standard InChI is InChI=1S/C24H26F2N4O2S/c1-3-28(4-2)11-12-29(24-27-20-10-7-18(26)14-21(20)33-24)23(32)16-13-22(31)30(15-16)19-8-5-17(25)6-9-19/h5-10,14,16H,3-4,11-13,15H2,1-2H3. The summed E-state index contributed by atoms with van der Waals surface area (Å²) < 4.78 is 27.7. The van der Waals surface area contributed by atoms with Gasteiger partial charge in [-0.15, -0.1) is 0 Å². The largest absolute Gasteiger partial charge is 0.312 e. The molecule has 0 saturated carbocycles. The predicted molar refractivity (Wildman–Crippen MR) is 127 cm³/mol. The van der Waals surface area contributed by atoms with Gasteiger partial charge in [0.25, 0.3) is 0 Å². The molecule has 1 saturated heterocycles. The lowest BCUT2D eigenvalue weighted by molar-refractivity contribution is -0.124. The fourth-order valence-electron chi connectivity index (χ4n) is 4.05. The average molecular weight is 473 g/mol. The van der Waals surface area contributed by atoms with E-state index in [1.807, 2.05) is 0 Å². The van der Waals surface area contributed by atoms with E-state index in [0.717, 1.165) is 13.1 Å². The number of fused-ring (bicyclic) bond motifs is 1. The van der Waals surface area contributed by atoms with Crippen LogP contribution in [0.4, 0.5) is 19.6 Å². The lowest BCUT2D eigenvalue weighted by Gasteiger charge is -2.26. The highest BCUT2D eigenvalue weighted by Crippen LogP contribution is 2.32. The number of hydrogen-bond donors (Lipinski definition) is 0. The lowest BCUT2D eigenvalue weighted by Crippen LogP contribution is -2.42. The van der Waals surface area contributed by atoms with Gasteiger partial charge >= 0.3 is 0 Å². The Morgan fingerprint density at radius 3 is 2.48 bits per heavy atom. The normalized spacial score (nSPS) is 16.2. The Morgan fingerprint density at radius 1 is 1.09 bits per heavy atom. The van der Waals surface area contributed by atoms with Gasteiger partial charge in [-0.05, 0) is 55.6 Å². The first kappa shape index (κ1) is 23.3. The van der Waals surface area contributed by atoms with Gasteiger partial charge in [-0.2, -0.15) is 0 Å². The fourth-order valence-corrected chi connectivity index (χ4v) is 5.07. The Morgan fingerprint density at radius 2 is 1.79 bits per heavy atom. The van der Waals surface area contributed by atoms with E-state index in [1.165, 1.54) is 40.5 Å². The molecular formula is C24H26F2N4O2S. The summed E-state index contributed by atoms with van der Waals surface area (Å²) in [7, 11) is 0. The first-order valence-corrected chi connectivity index (χ1v) is 11.9. The number of anilines is 2. The number of thiazole rings is 1. The molecule has 33 heavy (non-hydrogen) atoms. The molecule has 4 rings (SSSR count). The molecule has 3 aromatic rings. The Labute approximate surface area is 195 Å². The summed E-state index contributed by atoms with van der Waals surface area (Å²) in [5, 5.41) is 0.500. The van der Waals surface area contributed by atoms with Gasteiger partial charge in [0.2, 0.25) is 11.8 Å². The maximum atomic E-state index is 13.7. The van der Waals surface area contributed by atoms with Crippen LogP contribution in [0, 0.1) is 17.6 Å². The lowest BCUT2D eigenvalue weighted by atomic mass is 10.1. The van der Waals surface area contributed by atoms with Gasteiger partial charge in [-0.3, -0.25) is 14.5 Å². The fraction of sp³-hybridized carbons (Fsp3) is 0.375. The van der Waals surface area contributed by atoms with Gasteiger partial charge in [0, 0.05) is 31.7 Å². The molecule has 1 aliphatic heterocycles. The van der Waals surface area contributed by atoms with Gasteiger partial charge in [0.1, 0.15) is 11.6 Å². The van der Waals surface area contributed by atoms with Crippen molar-refractivity contribution in [2.75, 3.05) is 42.5 Å². The Bertz CT molecular complexity index is 1150. The van der Waals surface area contributed by atoms with Crippen LogP contribution >= 0.6 is 11.3 Å². The second-order valence-corrected chi connectivity index (χ2v) is 9.02. The van der Waals surface area contributed by atoms with E-state index in [-0.39, 0.29) is 36.4 Å². The molecular weight excluding hydrogens is 446 g/mol. The molecule has 2 amide bonds. The van der Waals surface area contributed by atoms with Crippen LogP contribution in [0.3, 0.4) is 0 Å². The molecule has 1 fully saturated rings. The number of benzene rings is 2. The zero-order valence-electron chi connectivity index (χ0n) is 18.6. The van der Waals surface area contributed by atoms with Gasteiger partial charge < -0.3 is 9.80 Å². The van der Waals surface area contributed by atoms with Crippen LogP contribution < -0.4 is 9.80 Å². The predicted octanol–water partition coefficient (Wildman–Crippen LogP) is 4.30. The molecule has 0 radical (unpaired) electrons. The quantitative estimate of drug-likeness (QED) is 0.491. The second kappa shape index (κ2) is 9.93. The number of amides is 2. The van der Waals surface area contributed by atoms with Crippen LogP contribution in [0.1, 0.15) is 20.3 Å². The minimum absolute atomic E-state index is 0.0809. The van der Waals surface area contributed by atoms with Crippen LogP contribution in [0.25, 0.3) is 10.2 Å². The zero-order chi connectivity index (χ0) is 23.5. The molecule has 1 atom stereocenters. The van der Waals surface area contributed by atoms with Crippen LogP contribution in [-0.2, 0) is 9.59 Å². The van der Waals surface area contributed by atoms with Crippen LogP contribution in [-0.4, -0.2) is 54.4 Å². The van der Waals surface area contributed by atoms with Crippen molar-refractivity contribution in [3.05, 3.63) is 54.1 Å². The van der Waals surface area contributed by atoms with E-state index in [0.29, 0.717) is 34.1 Å². The van der Waals surface area contributed by atoms with E-state index >= 15 is 0 Å². The minimum atomic E-state index is -0.539. The molecule has 0 spiro atoms. The van der Waals surface area contributed by atoms with E-state index in [1.54, 1.807) is 23.1 Å². The summed E-state index contributed by atoms with van der Waals surface area (Å²) in [5.41, 5.74) is 1.20. The maximum Gasteiger partial charge on any atom is 0.234 e. The monoisotopic (exact) mass is 472 g/mol. The highest BCUT2D eigenvalue weighted by atomic mass is 32.1. The molecule has 1 aromatic heterocycles. The Balaban J connectivity index is 1.59. The average Bonchev–Trinajstić information content (AvgIpc) is 3.40. The highest BCUT2D eigenvalue weighted by molar-refractivity contribution is 7.22. The third kappa shape index (κ3) is 5.04. The van der Waals surface area contributed by atoms with Crippen molar-refractivity contribution in [3.63, 3.8) is 0 Å². The van der Waals surface area contributed by atoms with Crippen molar-refractivity contribution in [3.8, 4) is 0 Å². The topological polar surface area (TPSA) is 56.8 Å². The van der Waals surface area contributed by atoms with E-state index < -0.39 is 5.92 Å². The maximum absolute atomic E-state index is 13.7. The number of nitrogens with zero attached hydrogens (tertiary/aromatic N) is 4. The summed E-state index contributed by atoms with van der Waals surface area (Å²) in [4.78, 5) is 36.2. The molecule has 0 bridgehead atoms. The Kier molecular flexibility index (Phi) is 6.99. The summed E-state index contributed by atoms with van der Waals surface area (Å²) in [6.45, 7) is 7.13. The Hall–Kier alpha value is -2.91. The van der Waals surface area contributed by atoms with Crippen molar-refractivity contribution in [2.45, 2.75) is 20.3 Å². The number of aromatic nitrogens is 1. The van der Waals surface area contributed by atoms with Gasteiger partial charge in [0.15, 0.2) is 5.13 Å². The number of hydrogen-bond acceptors (Lipinski definition) is 5. The molecule has 1 aliphatic rings. The number of rotatable bonds is 8. The summed E-state index contributed by atoms with van der Waals surface area (Å²) >= 11 is 1.27. The number of halogens is 2. The molecule has 9 heteroatoms. The summed E-state index contributed by atoms with van der Waals surface area (Å²) in [6.07, 6.45) is 0.0809. The number of carbonyl (C=O) groups excluding carboxylic acids is 2.